The summed E-state index contributed by atoms with van der Waals surface area (Å²) < 4.78 is 0. The molecule has 0 atom stereocenters. The van der Waals surface area contributed by atoms with Gasteiger partial charge in [-0.15, -0.1) is 0 Å². The highest BCUT2D eigenvalue weighted by Gasteiger charge is 2.26. The molecule has 0 radical (unpaired) electrons. The molecule has 0 amide bonds. The number of benzene rings is 1. The maximum Gasteiger partial charge on any atom is 0.224 e. The second-order valence-corrected chi connectivity index (χ2v) is 5.96. The Morgan fingerprint density at radius 1 is 1.18 bits per heavy atom. The average molecular weight is 339 g/mol. The first-order valence-corrected chi connectivity index (χ1v) is 7.87. The Kier molecular flexibility index (Phi) is 4.66. The molecule has 1 aliphatic rings. The summed E-state index contributed by atoms with van der Waals surface area (Å²) in [6.07, 6.45) is 2.28. The average Bonchev–Trinajstić information content (AvgIpc) is 3.34. The molecule has 1 aliphatic carbocycles. The van der Waals surface area contributed by atoms with Crippen LogP contribution in [0.2, 0.25) is 10.0 Å². The first-order valence-electron chi connectivity index (χ1n) is 7.12. The van der Waals surface area contributed by atoms with Gasteiger partial charge in [0.15, 0.2) is 0 Å². The highest BCUT2D eigenvalue weighted by Crippen LogP contribution is 2.40. The van der Waals surface area contributed by atoms with Crippen molar-refractivity contribution in [3.05, 3.63) is 40.0 Å². The number of rotatable bonds is 6. The van der Waals surface area contributed by atoms with E-state index in [2.05, 4.69) is 20.6 Å². The van der Waals surface area contributed by atoms with Gasteiger partial charge in [0.05, 0.1) is 28.0 Å². The number of hydrogen-bond acceptors (Lipinski definition) is 5. The largest absolute Gasteiger partial charge is 0.395 e. The lowest BCUT2D eigenvalue weighted by atomic mass is 10.2. The molecule has 22 heavy (non-hydrogen) atoms. The van der Waals surface area contributed by atoms with E-state index in [0.717, 1.165) is 18.5 Å². The fraction of sp³-hybridized carbons (Fsp3) is 0.333. The lowest BCUT2D eigenvalue weighted by Gasteiger charge is -2.12. The molecule has 0 spiro atoms. The molecule has 0 saturated heterocycles. The lowest BCUT2D eigenvalue weighted by Crippen LogP contribution is -2.10. The molecule has 0 bridgehead atoms. The fourth-order valence-corrected chi connectivity index (χ4v) is 2.60. The molecular formula is C15H16Cl2N4O. The van der Waals surface area contributed by atoms with E-state index in [-0.39, 0.29) is 6.61 Å². The number of hydrogen-bond donors (Lipinski definition) is 3. The zero-order chi connectivity index (χ0) is 15.5. The highest BCUT2D eigenvalue weighted by atomic mass is 35.5. The maximum absolute atomic E-state index is 8.93. The van der Waals surface area contributed by atoms with Gasteiger partial charge in [-0.2, -0.15) is 4.98 Å². The molecule has 1 aromatic carbocycles. The summed E-state index contributed by atoms with van der Waals surface area (Å²) in [5.74, 6) is 1.61. The van der Waals surface area contributed by atoms with Crippen LogP contribution in [0.1, 0.15) is 24.5 Å². The topological polar surface area (TPSA) is 70.1 Å². The van der Waals surface area contributed by atoms with Crippen molar-refractivity contribution in [3.63, 3.8) is 0 Å². The van der Waals surface area contributed by atoms with Crippen molar-refractivity contribution >= 4 is 40.7 Å². The molecule has 1 fully saturated rings. The summed E-state index contributed by atoms with van der Waals surface area (Å²) >= 11 is 12.4. The van der Waals surface area contributed by atoms with Crippen LogP contribution in [0.3, 0.4) is 0 Å². The van der Waals surface area contributed by atoms with E-state index < -0.39 is 0 Å². The molecule has 116 valence electrons. The molecule has 1 saturated carbocycles. The number of aromatic nitrogens is 2. The van der Waals surface area contributed by atoms with E-state index in [1.165, 1.54) is 0 Å². The molecule has 0 aliphatic heterocycles. The van der Waals surface area contributed by atoms with Crippen molar-refractivity contribution in [3.8, 4) is 0 Å². The Hall–Kier alpha value is -1.56. The van der Waals surface area contributed by atoms with Gasteiger partial charge in [-0.1, -0.05) is 29.3 Å². The molecule has 1 heterocycles. The Labute approximate surface area is 138 Å². The number of halogens is 2. The van der Waals surface area contributed by atoms with Crippen LogP contribution in [-0.4, -0.2) is 28.2 Å². The summed E-state index contributed by atoms with van der Waals surface area (Å²) in [7, 11) is 0. The number of aliphatic hydroxyl groups is 1. The fourth-order valence-electron chi connectivity index (χ4n) is 2.11. The second-order valence-electron chi connectivity index (χ2n) is 5.15. The van der Waals surface area contributed by atoms with Gasteiger partial charge in [-0.05, 0) is 25.0 Å². The summed E-state index contributed by atoms with van der Waals surface area (Å²) in [6, 6.07) is 7.24. The third-order valence-electron chi connectivity index (χ3n) is 3.35. The van der Waals surface area contributed by atoms with Crippen molar-refractivity contribution in [1.29, 1.82) is 0 Å². The zero-order valence-electron chi connectivity index (χ0n) is 11.8. The van der Waals surface area contributed by atoms with Gasteiger partial charge in [0, 0.05) is 18.5 Å². The molecule has 2 aromatic rings. The number of nitrogens with one attached hydrogen (secondary N) is 2. The molecule has 3 rings (SSSR count). The van der Waals surface area contributed by atoms with Crippen molar-refractivity contribution in [2.45, 2.75) is 18.8 Å². The number of nitrogens with zero attached hydrogens (tertiary/aromatic N) is 2. The zero-order valence-corrected chi connectivity index (χ0v) is 13.3. The Bertz CT molecular complexity index is 656. The lowest BCUT2D eigenvalue weighted by molar-refractivity contribution is 0.311. The van der Waals surface area contributed by atoms with Gasteiger partial charge in [-0.25, -0.2) is 4.98 Å². The SMILES string of the molecule is OCCNc1nc(Nc2c(Cl)cccc2Cl)cc(C2CC2)n1. The molecule has 1 aromatic heterocycles. The molecule has 0 unspecified atom stereocenters. The summed E-state index contributed by atoms with van der Waals surface area (Å²) in [6.45, 7) is 0.427. The first kappa shape index (κ1) is 15.3. The smallest absolute Gasteiger partial charge is 0.224 e. The van der Waals surface area contributed by atoms with Crippen molar-refractivity contribution in [2.24, 2.45) is 0 Å². The summed E-state index contributed by atoms with van der Waals surface area (Å²) in [4.78, 5) is 8.88. The monoisotopic (exact) mass is 338 g/mol. The van der Waals surface area contributed by atoms with Crippen LogP contribution in [0.4, 0.5) is 17.5 Å². The number of para-hydroxylation sites is 1. The van der Waals surface area contributed by atoms with Crippen LogP contribution in [0.25, 0.3) is 0 Å². The standard InChI is InChI=1S/C15H16Cl2N4O/c16-10-2-1-3-11(17)14(10)20-13-8-12(9-4-5-9)19-15(21-13)18-6-7-22/h1-3,8-9,22H,4-7H2,(H2,18,19,20,21). The van der Waals surface area contributed by atoms with Crippen LogP contribution in [-0.2, 0) is 0 Å². The van der Waals surface area contributed by atoms with Gasteiger partial charge in [0.25, 0.3) is 0 Å². The van der Waals surface area contributed by atoms with Crippen molar-refractivity contribution < 1.29 is 5.11 Å². The number of aliphatic hydroxyl groups excluding tert-OH is 1. The van der Waals surface area contributed by atoms with Crippen LogP contribution in [0, 0.1) is 0 Å². The minimum Gasteiger partial charge on any atom is -0.395 e. The predicted molar refractivity (Wildman–Crippen MR) is 89.3 cm³/mol. The third kappa shape index (κ3) is 3.61. The van der Waals surface area contributed by atoms with Gasteiger partial charge in [0.1, 0.15) is 5.82 Å². The minimum atomic E-state index is 0.0239. The normalized spacial score (nSPS) is 14.0. The van der Waals surface area contributed by atoms with E-state index in [1.54, 1.807) is 18.2 Å². The highest BCUT2D eigenvalue weighted by molar-refractivity contribution is 6.39. The maximum atomic E-state index is 8.93. The van der Waals surface area contributed by atoms with Crippen molar-refractivity contribution in [1.82, 2.24) is 9.97 Å². The Balaban J connectivity index is 1.90. The van der Waals surface area contributed by atoms with E-state index in [1.807, 2.05) is 6.07 Å². The summed E-state index contributed by atoms with van der Waals surface area (Å²) in [5.41, 5.74) is 1.61. The Morgan fingerprint density at radius 2 is 1.91 bits per heavy atom. The number of anilines is 3. The quantitative estimate of drug-likeness (QED) is 0.747. The van der Waals surface area contributed by atoms with Crippen LogP contribution in [0.5, 0.6) is 0 Å². The minimum absolute atomic E-state index is 0.0239. The molecule has 7 heteroatoms. The Morgan fingerprint density at radius 3 is 2.55 bits per heavy atom. The third-order valence-corrected chi connectivity index (χ3v) is 3.98. The van der Waals surface area contributed by atoms with Gasteiger partial charge < -0.3 is 15.7 Å². The van der Waals surface area contributed by atoms with Crippen LogP contribution < -0.4 is 10.6 Å². The van der Waals surface area contributed by atoms with E-state index in [0.29, 0.717) is 40.0 Å². The van der Waals surface area contributed by atoms with Crippen LogP contribution in [0.15, 0.2) is 24.3 Å². The predicted octanol–water partition coefficient (Wildman–Crippen LogP) is 3.81. The van der Waals surface area contributed by atoms with Gasteiger partial charge in [0.2, 0.25) is 5.95 Å². The van der Waals surface area contributed by atoms with Gasteiger partial charge in [-0.3, -0.25) is 0 Å². The van der Waals surface area contributed by atoms with E-state index in [4.69, 9.17) is 28.3 Å². The second kappa shape index (κ2) is 6.69. The van der Waals surface area contributed by atoms with Crippen molar-refractivity contribution in [2.75, 3.05) is 23.8 Å². The first-order chi connectivity index (χ1) is 10.7. The molecule has 3 N–H and O–H groups in total. The summed E-state index contributed by atoms with van der Waals surface area (Å²) in [5, 5.41) is 16.1. The molecule has 5 nitrogen and oxygen atoms in total. The van der Waals surface area contributed by atoms with E-state index in [9.17, 15) is 0 Å². The molecular weight excluding hydrogens is 323 g/mol. The van der Waals surface area contributed by atoms with Gasteiger partial charge >= 0.3 is 0 Å². The van der Waals surface area contributed by atoms with Crippen LogP contribution >= 0.6 is 23.2 Å². The van der Waals surface area contributed by atoms with E-state index >= 15 is 0 Å².